The second-order valence-corrected chi connectivity index (χ2v) is 5.69. The Balaban J connectivity index is 2.39. The Labute approximate surface area is 119 Å². The minimum atomic E-state index is -0.937. The Morgan fingerprint density at radius 2 is 1.85 bits per heavy atom. The van der Waals surface area contributed by atoms with Crippen LogP contribution in [0.5, 0.6) is 0 Å². The molecule has 0 aliphatic carbocycles. The van der Waals surface area contributed by atoms with Crippen LogP contribution in [0.15, 0.2) is 24.3 Å². The summed E-state index contributed by atoms with van der Waals surface area (Å²) in [4.78, 5) is 22.6. The van der Waals surface area contributed by atoms with Gasteiger partial charge >= 0.3 is 5.97 Å². The molecule has 20 heavy (non-hydrogen) atoms. The van der Waals surface area contributed by atoms with Gasteiger partial charge in [0.2, 0.25) is 5.91 Å². The summed E-state index contributed by atoms with van der Waals surface area (Å²) in [5.74, 6) is -0.954. The number of hydrogen-bond acceptors (Lipinski definition) is 3. The summed E-state index contributed by atoms with van der Waals surface area (Å²) in [6.07, 6.45) is 0.368. The lowest BCUT2D eigenvalue weighted by Gasteiger charge is -2.20. The Morgan fingerprint density at radius 3 is 2.45 bits per heavy atom. The third-order valence-electron chi connectivity index (χ3n) is 2.61. The molecule has 1 aromatic rings. The third-order valence-corrected chi connectivity index (χ3v) is 2.61. The number of carboxylic acid groups (broad SMARTS) is 1. The standard InChI is InChI=1S/C15H22N2O3/c1-15(2,3)17-13(18)8-9-16-10-11-6-4-5-7-12(11)14(19)20/h4-7,16H,8-10H2,1-3H3,(H,17,18)(H,19,20). The maximum absolute atomic E-state index is 11.6. The molecule has 0 spiro atoms. The molecule has 0 heterocycles. The van der Waals surface area contributed by atoms with Crippen molar-refractivity contribution in [1.82, 2.24) is 10.6 Å². The van der Waals surface area contributed by atoms with Gasteiger partial charge in [-0.1, -0.05) is 18.2 Å². The van der Waals surface area contributed by atoms with E-state index in [1.807, 2.05) is 20.8 Å². The van der Waals surface area contributed by atoms with Gasteiger partial charge in [0.15, 0.2) is 0 Å². The molecule has 0 unspecified atom stereocenters. The molecule has 5 heteroatoms. The highest BCUT2D eigenvalue weighted by Crippen LogP contribution is 2.08. The molecule has 0 aliphatic rings. The van der Waals surface area contributed by atoms with Gasteiger partial charge in [-0.05, 0) is 32.4 Å². The van der Waals surface area contributed by atoms with Crippen molar-refractivity contribution in [2.45, 2.75) is 39.3 Å². The van der Waals surface area contributed by atoms with Crippen LogP contribution in [0, 0.1) is 0 Å². The number of carbonyl (C=O) groups is 2. The third kappa shape index (κ3) is 5.84. The zero-order chi connectivity index (χ0) is 15.2. The number of amides is 1. The maximum Gasteiger partial charge on any atom is 0.336 e. The molecule has 0 saturated carbocycles. The van der Waals surface area contributed by atoms with Crippen LogP contribution in [0.2, 0.25) is 0 Å². The van der Waals surface area contributed by atoms with E-state index in [0.717, 1.165) is 5.56 Å². The molecule has 0 aromatic heterocycles. The van der Waals surface area contributed by atoms with Crippen molar-refractivity contribution >= 4 is 11.9 Å². The van der Waals surface area contributed by atoms with E-state index in [-0.39, 0.29) is 11.4 Å². The smallest absolute Gasteiger partial charge is 0.336 e. The van der Waals surface area contributed by atoms with Crippen LogP contribution in [-0.2, 0) is 11.3 Å². The second-order valence-electron chi connectivity index (χ2n) is 5.69. The molecule has 5 nitrogen and oxygen atoms in total. The fraction of sp³-hybridized carbons (Fsp3) is 0.467. The van der Waals surface area contributed by atoms with Crippen LogP contribution < -0.4 is 10.6 Å². The van der Waals surface area contributed by atoms with Gasteiger partial charge in [-0.3, -0.25) is 4.79 Å². The molecule has 0 saturated heterocycles. The van der Waals surface area contributed by atoms with Gasteiger partial charge in [0.1, 0.15) is 0 Å². The van der Waals surface area contributed by atoms with E-state index in [1.165, 1.54) is 0 Å². The first kappa shape index (κ1) is 16.2. The summed E-state index contributed by atoms with van der Waals surface area (Å²) in [6, 6.07) is 6.84. The Hall–Kier alpha value is -1.88. The molecule has 0 bridgehead atoms. The number of benzene rings is 1. The molecule has 0 fully saturated rings. The van der Waals surface area contributed by atoms with Crippen LogP contribution in [-0.4, -0.2) is 29.1 Å². The lowest BCUT2D eigenvalue weighted by molar-refractivity contribution is -0.122. The van der Waals surface area contributed by atoms with Gasteiger partial charge in [0.05, 0.1) is 5.56 Å². The summed E-state index contributed by atoms with van der Waals surface area (Å²) in [6.45, 7) is 6.74. The molecule has 1 rings (SSSR count). The monoisotopic (exact) mass is 278 g/mol. The lowest BCUT2D eigenvalue weighted by Crippen LogP contribution is -2.41. The van der Waals surface area contributed by atoms with Crippen molar-refractivity contribution in [2.75, 3.05) is 6.54 Å². The van der Waals surface area contributed by atoms with E-state index in [2.05, 4.69) is 10.6 Å². The highest BCUT2D eigenvalue weighted by Gasteiger charge is 2.13. The number of carbonyl (C=O) groups excluding carboxylic acids is 1. The van der Waals surface area contributed by atoms with Crippen LogP contribution in [0.3, 0.4) is 0 Å². The fourth-order valence-corrected chi connectivity index (χ4v) is 1.79. The van der Waals surface area contributed by atoms with Crippen LogP contribution in [0.25, 0.3) is 0 Å². The zero-order valence-corrected chi connectivity index (χ0v) is 12.2. The number of hydrogen-bond donors (Lipinski definition) is 3. The molecule has 0 aliphatic heterocycles. The summed E-state index contributed by atoms with van der Waals surface area (Å²) in [5, 5.41) is 15.0. The quantitative estimate of drug-likeness (QED) is 0.693. The Bertz CT molecular complexity index is 478. The predicted octanol–water partition coefficient (Wildman–Crippen LogP) is 1.78. The maximum atomic E-state index is 11.6. The topological polar surface area (TPSA) is 78.4 Å². The van der Waals surface area contributed by atoms with Crippen molar-refractivity contribution in [3.8, 4) is 0 Å². The summed E-state index contributed by atoms with van der Waals surface area (Å²) >= 11 is 0. The lowest BCUT2D eigenvalue weighted by atomic mass is 10.1. The van der Waals surface area contributed by atoms with Crippen LogP contribution >= 0.6 is 0 Å². The van der Waals surface area contributed by atoms with Gasteiger partial charge < -0.3 is 15.7 Å². The number of carboxylic acids is 1. The molecular formula is C15H22N2O3. The summed E-state index contributed by atoms with van der Waals surface area (Å²) in [7, 11) is 0. The highest BCUT2D eigenvalue weighted by molar-refractivity contribution is 5.89. The molecule has 0 radical (unpaired) electrons. The van der Waals surface area contributed by atoms with Crippen LogP contribution in [0.1, 0.15) is 43.1 Å². The first-order valence-corrected chi connectivity index (χ1v) is 6.62. The first-order valence-electron chi connectivity index (χ1n) is 6.62. The summed E-state index contributed by atoms with van der Waals surface area (Å²) < 4.78 is 0. The van der Waals surface area contributed by atoms with Crippen molar-refractivity contribution in [3.63, 3.8) is 0 Å². The molecule has 0 atom stereocenters. The minimum Gasteiger partial charge on any atom is -0.478 e. The minimum absolute atomic E-state index is 0.0171. The average Bonchev–Trinajstić information content (AvgIpc) is 2.33. The fourth-order valence-electron chi connectivity index (χ4n) is 1.79. The van der Waals surface area contributed by atoms with E-state index >= 15 is 0 Å². The van der Waals surface area contributed by atoms with Gasteiger partial charge in [0, 0.05) is 25.0 Å². The average molecular weight is 278 g/mol. The summed E-state index contributed by atoms with van der Waals surface area (Å²) in [5.41, 5.74) is 0.780. The predicted molar refractivity (Wildman–Crippen MR) is 77.6 cm³/mol. The zero-order valence-electron chi connectivity index (χ0n) is 12.2. The number of nitrogens with one attached hydrogen (secondary N) is 2. The number of rotatable bonds is 6. The van der Waals surface area contributed by atoms with Gasteiger partial charge in [0.25, 0.3) is 0 Å². The van der Waals surface area contributed by atoms with E-state index in [0.29, 0.717) is 25.1 Å². The SMILES string of the molecule is CC(C)(C)NC(=O)CCNCc1ccccc1C(=O)O. The van der Waals surface area contributed by atoms with Crippen LogP contribution in [0.4, 0.5) is 0 Å². The van der Waals surface area contributed by atoms with Crippen molar-refractivity contribution in [3.05, 3.63) is 35.4 Å². The molecule has 1 amide bonds. The van der Waals surface area contributed by atoms with E-state index in [4.69, 9.17) is 5.11 Å². The normalized spacial score (nSPS) is 11.2. The van der Waals surface area contributed by atoms with Gasteiger partial charge in [-0.15, -0.1) is 0 Å². The van der Waals surface area contributed by atoms with E-state index in [9.17, 15) is 9.59 Å². The Kier molecular flexibility index (Phi) is 5.70. The second kappa shape index (κ2) is 7.05. The molecule has 3 N–H and O–H groups in total. The van der Waals surface area contributed by atoms with Crippen molar-refractivity contribution in [2.24, 2.45) is 0 Å². The molecule has 110 valence electrons. The highest BCUT2D eigenvalue weighted by atomic mass is 16.4. The van der Waals surface area contributed by atoms with E-state index in [1.54, 1.807) is 24.3 Å². The largest absolute Gasteiger partial charge is 0.478 e. The van der Waals surface area contributed by atoms with Crippen molar-refractivity contribution in [1.29, 1.82) is 0 Å². The number of aromatic carboxylic acids is 1. The molecular weight excluding hydrogens is 256 g/mol. The first-order chi connectivity index (χ1) is 9.29. The van der Waals surface area contributed by atoms with Gasteiger partial charge in [-0.25, -0.2) is 4.79 Å². The van der Waals surface area contributed by atoms with Gasteiger partial charge in [-0.2, -0.15) is 0 Å². The van der Waals surface area contributed by atoms with Crippen molar-refractivity contribution < 1.29 is 14.7 Å². The molecule has 1 aromatic carbocycles. The van der Waals surface area contributed by atoms with E-state index < -0.39 is 5.97 Å². The Morgan fingerprint density at radius 1 is 1.20 bits per heavy atom.